The van der Waals surface area contributed by atoms with Crippen molar-refractivity contribution in [2.75, 3.05) is 17.7 Å². The van der Waals surface area contributed by atoms with Crippen molar-refractivity contribution in [1.82, 2.24) is 9.97 Å². The van der Waals surface area contributed by atoms with Crippen LogP contribution in [0.25, 0.3) is 0 Å². The highest BCUT2D eigenvalue weighted by Gasteiger charge is 2.21. The van der Waals surface area contributed by atoms with Crippen LogP contribution in [0, 0.1) is 13.8 Å². The van der Waals surface area contributed by atoms with Gasteiger partial charge in [0.2, 0.25) is 5.91 Å². The van der Waals surface area contributed by atoms with Crippen LogP contribution < -0.4 is 15.4 Å². The molecule has 0 bridgehead atoms. The molecule has 21 heavy (non-hydrogen) atoms. The Balaban J connectivity index is 2.62. The number of nitrogen functional groups attached to an aromatic ring is 1. The summed E-state index contributed by atoms with van der Waals surface area (Å²) in [6.45, 7) is 5.19. The largest absolute Gasteiger partial charge is 0.496 e. The first-order valence-corrected chi connectivity index (χ1v) is 6.48. The topological polar surface area (TPSA) is 81.3 Å². The molecule has 1 amide bonds. The van der Waals surface area contributed by atoms with Gasteiger partial charge >= 0.3 is 0 Å². The van der Waals surface area contributed by atoms with Crippen molar-refractivity contribution < 1.29 is 9.53 Å². The predicted molar refractivity (Wildman–Crippen MR) is 81.7 cm³/mol. The third-order valence-electron chi connectivity index (χ3n) is 3.22. The van der Waals surface area contributed by atoms with E-state index in [2.05, 4.69) is 9.97 Å². The van der Waals surface area contributed by atoms with Crippen LogP contribution in [0.2, 0.25) is 0 Å². The van der Waals surface area contributed by atoms with Gasteiger partial charge in [-0.3, -0.25) is 9.69 Å². The van der Waals surface area contributed by atoms with Crippen LogP contribution in [0.5, 0.6) is 5.75 Å². The zero-order chi connectivity index (χ0) is 15.6. The minimum atomic E-state index is -0.175. The van der Waals surface area contributed by atoms with E-state index in [0.29, 0.717) is 22.8 Å². The van der Waals surface area contributed by atoms with Crippen molar-refractivity contribution in [3.8, 4) is 5.75 Å². The number of hydrogen-bond acceptors (Lipinski definition) is 5. The molecule has 0 saturated heterocycles. The maximum atomic E-state index is 12.1. The predicted octanol–water partition coefficient (Wildman–Crippen LogP) is 2.37. The molecule has 1 heterocycles. The van der Waals surface area contributed by atoms with Crippen LogP contribution in [-0.4, -0.2) is 23.0 Å². The molecule has 6 nitrogen and oxygen atoms in total. The van der Waals surface area contributed by atoms with E-state index >= 15 is 0 Å². The molecule has 0 spiro atoms. The number of carbonyl (C=O) groups excluding carboxylic acids is 1. The molecular weight excluding hydrogens is 268 g/mol. The Morgan fingerprint density at radius 2 is 2.00 bits per heavy atom. The average Bonchev–Trinajstić information content (AvgIpc) is 2.43. The highest BCUT2D eigenvalue weighted by molar-refractivity contribution is 6.02. The van der Waals surface area contributed by atoms with Gasteiger partial charge in [-0.05, 0) is 25.5 Å². The first-order chi connectivity index (χ1) is 9.95. The van der Waals surface area contributed by atoms with E-state index in [1.54, 1.807) is 20.1 Å². The highest BCUT2D eigenvalue weighted by atomic mass is 16.5. The lowest BCUT2D eigenvalue weighted by Crippen LogP contribution is -2.25. The van der Waals surface area contributed by atoms with Crippen molar-refractivity contribution in [3.05, 3.63) is 35.8 Å². The third kappa shape index (κ3) is 2.79. The summed E-state index contributed by atoms with van der Waals surface area (Å²) in [4.78, 5) is 21.7. The van der Waals surface area contributed by atoms with Gasteiger partial charge in [-0.1, -0.05) is 6.07 Å². The molecular formula is C15H18N4O2. The van der Waals surface area contributed by atoms with E-state index < -0.39 is 0 Å². The fourth-order valence-electron chi connectivity index (χ4n) is 2.18. The smallest absolute Gasteiger partial charge is 0.228 e. The lowest BCUT2D eigenvalue weighted by Gasteiger charge is -2.24. The fraction of sp³-hybridized carbons (Fsp3) is 0.267. The number of ether oxygens (including phenoxy) is 1. The number of amides is 1. The van der Waals surface area contributed by atoms with Crippen molar-refractivity contribution >= 4 is 23.1 Å². The summed E-state index contributed by atoms with van der Waals surface area (Å²) >= 11 is 0. The van der Waals surface area contributed by atoms with E-state index in [0.717, 1.165) is 5.56 Å². The standard InChI is InChI=1S/C15H18N4O2/c1-9-5-6-12(7-13(9)21-4)19(11(3)20)14-10(2)17-8-18-15(14)16/h5-8H,1-4H3,(H2,16,17,18). The SMILES string of the molecule is COc1cc(N(C(C)=O)c2c(C)ncnc2N)ccc1C. The highest BCUT2D eigenvalue weighted by Crippen LogP contribution is 2.34. The molecule has 0 fully saturated rings. The van der Waals surface area contributed by atoms with Crippen LogP contribution in [0.1, 0.15) is 18.2 Å². The number of benzene rings is 1. The molecule has 0 radical (unpaired) electrons. The second-order valence-corrected chi connectivity index (χ2v) is 4.70. The van der Waals surface area contributed by atoms with Crippen molar-refractivity contribution in [2.45, 2.75) is 20.8 Å². The van der Waals surface area contributed by atoms with E-state index in [9.17, 15) is 4.79 Å². The molecule has 0 unspecified atom stereocenters. The Labute approximate surface area is 123 Å². The first-order valence-electron chi connectivity index (χ1n) is 6.48. The zero-order valence-electron chi connectivity index (χ0n) is 12.5. The van der Waals surface area contributed by atoms with Gasteiger partial charge in [0.15, 0.2) is 5.82 Å². The summed E-state index contributed by atoms with van der Waals surface area (Å²) in [6, 6.07) is 5.52. The summed E-state index contributed by atoms with van der Waals surface area (Å²) < 4.78 is 5.31. The van der Waals surface area contributed by atoms with Crippen LogP contribution in [0.15, 0.2) is 24.5 Å². The Hall–Kier alpha value is -2.63. The van der Waals surface area contributed by atoms with Gasteiger partial charge in [0.05, 0.1) is 18.5 Å². The van der Waals surface area contributed by atoms with Gasteiger partial charge in [-0.2, -0.15) is 0 Å². The molecule has 2 rings (SSSR count). The average molecular weight is 286 g/mol. The molecule has 2 N–H and O–H groups in total. The molecule has 6 heteroatoms. The van der Waals surface area contributed by atoms with Crippen molar-refractivity contribution in [1.29, 1.82) is 0 Å². The Bertz CT molecular complexity index is 665. The van der Waals surface area contributed by atoms with E-state index in [1.807, 2.05) is 19.1 Å². The zero-order valence-corrected chi connectivity index (χ0v) is 12.5. The lowest BCUT2D eigenvalue weighted by molar-refractivity contribution is -0.115. The third-order valence-corrected chi connectivity index (χ3v) is 3.22. The van der Waals surface area contributed by atoms with Gasteiger partial charge in [0.25, 0.3) is 0 Å². The molecule has 0 saturated carbocycles. The van der Waals surface area contributed by atoms with E-state index in [-0.39, 0.29) is 11.7 Å². The summed E-state index contributed by atoms with van der Waals surface area (Å²) in [7, 11) is 1.59. The Morgan fingerprint density at radius 1 is 1.29 bits per heavy atom. The number of carbonyl (C=O) groups is 1. The van der Waals surface area contributed by atoms with Gasteiger partial charge in [-0.25, -0.2) is 9.97 Å². The van der Waals surface area contributed by atoms with Crippen LogP contribution in [-0.2, 0) is 4.79 Å². The van der Waals surface area contributed by atoms with Gasteiger partial charge in [0, 0.05) is 13.0 Å². The van der Waals surface area contributed by atoms with E-state index in [4.69, 9.17) is 10.5 Å². The second kappa shape index (κ2) is 5.78. The summed E-state index contributed by atoms with van der Waals surface area (Å²) in [6.07, 6.45) is 1.38. The lowest BCUT2D eigenvalue weighted by atomic mass is 10.1. The quantitative estimate of drug-likeness (QED) is 0.936. The molecule has 0 aliphatic carbocycles. The Morgan fingerprint density at radius 3 is 2.57 bits per heavy atom. The Kier molecular flexibility index (Phi) is 4.07. The van der Waals surface area contributed by atoms with Crippen LogP contribution in [0.3, 0.4) is 0 Å². The van der Waals surface area contributed by atoms with Crippen molar-refractivity contribution in [3.63, 3.8) is 0 Å². The summed E-state index contributed by atoms with van der Waals surface area (Å²) in [5.74, 6) is 0.787. The maximum absolute atomic E-state index is 12.1. The number of rotatable bonds is 3. The number of methoxy groups -OCH3 is 1. The molecule has 2 aromatic rings. The minimum Gasteiger partial charge on any atom is -0.496 e. The molecule has 110 valence electrons. The van der Waals surface area contributed by atoms with Crippen molar-refractivity contribution in [2.24, 2.45) is 0 Å². The van der Waals surface area contributed by atoms with Gasteiger partial charge in [0.1, 0.15) is 17.8 Å². The van der Waals surface area contributed by atoms with Crippen LogP contribution >= 0.6 is 0 Å². The minimum absolute atomic E-state index is 0.175. The second-order valence-electron chi connectivity index (χ2n) is 4.70. The summed E-state index contributed by atoms with van der Waals surface area (Å²) in [5, 5.41) is 0. The van der Waals surface area contributed by atoms with Crippen LogP contribution in [0.4, 0.5) is 17.2 Å². The molecule has 0 atom stereocenters. The molecule has 1 aromatic heterocycles. The summed E-state index contributed by atoms with van der Waals surface area (Å²) in [5.41, 5.74) is 8.70. The molecule has 0 aliphatic rings. The number of hydrogen-bond donors (Lipinski definition) is 1. The maximum Gasteiger partial charge on any atom is 0.228 e. The number of anilines is 3. The fourth-order valence-corrected chi connectivity index (χ4v) is 2.18. The normalized spacial score (nSPS) is 10.3. The van der Waals surface area contributed by atoms with Gasteiger partial charge in [-0.15, -0.1) is 0 Å². The number of aryl methyl sites for hydroxylation is 2. The molecule has 1 aromatic carbocycles. The number of aromatic nitrogens is 2. The number of nitrogens with two attached hydrogens (primary N) is 1. The first kappa shape index (κ1) is 14.8. The molecule has 0 aliphatic heterocycles. The van der Waals surface area contributed by atoms with Gasteiger partial charge < -0.3 is 10.5 Å². The number of nitrogens with zero attached hydrogens (tertiary/aromatic N) is 3. The van der Waals surface area contributed by atoms with E-state index in [1.165, 1.54) is 18.2 Å². The monoisotopic (exact) mass is 286 g/mol.